The van der Waals surface area contributed by atoms with E-state index in [0.29, 0.717) is 18.8 Å². The number of nitrogens with one attached hydrogen (secondary N) is 1. The number of benzene rings is 1. The Balaban J connectivity index is 1.33. The number of carbonyl (C=O) groups excluding carboxylic acids is 2. The van der Waals surface area contributed by atoms with Crippen LogP contribution < -0.4 is 10.2 Å². The second-order valence-electron chi connectivity index (χ2n) is 9.25. The first-order valence-corrected chi connectivity index (χ1v) is 11.6. The van der Waals surface area contributed by atoms with E-state index < -0.39 is 0 Å². The first-order valence-electron chi connectivity index (χ1n) is 11.6. The van der Waals surface area contributed by atoms with E-state index in [1.807, 2.05) is 18.3 Å². The van der Waals surface area contributed by atoms with E-state index in [9.17, 15) is 9.59 Å². The minimum atomic E-state index is -0.290. The Kier molecular flexibility index (Phi) is 6.64. The second-order valence-corrected chi connectivity index (χ2v) is 9.25. The molecule has 1 saturated carbocycles. The van der Waals surface area contributed by atoms with Crippen molar-refractivity contribution in [3.63, 3.8) is 0 Å². The molecule has 6 heteroatoms. The lowest BCUT2D eigenvalue weighted by atomic mass is 9.92. The van der Waals surface area contributed by atoms with Gasteiger partial charge in [-0.15, -0.1) is 0 Å². The fourth-order valence-corrected chi connectivity index (χ4v) is 4.79. The van der Waals surface area contributed by atoms with Gasteiger partial charge in [-0.25, -0.2) is 0 Å². The number of carbonyl (C=O) groups is 2. The highest BCUT2D eigenvalue weighted by Gasteiger charge is 2.31. The molecule has 0 radical (unpaired) electrons. The van der Waals surface area contributed by atoms with Crippen molar-refractivity contribution in [2.75, 3.05) is 25.0 Å². The molecule has 1 aliphatic heterocycles. The first kappa shape index (κ1) is 22.1. The van der Waals surface area contributed by atoms with Crippen molar-refractivity contribution >= 4 is 17.9 Å². The molecule has 1 aromatic heterocycles. The highest BCUT2D eigenvalue weighted by molar-refractivity contribution is 5.83. The van der Waals surface area contributed by atoms with Gasteiger partial charge in [0.2, 0.25) is 5.91 Å². The highest BCUT2D eigenvalue weighted by Crippen LogP contribution is 2.35. The average Bonchev–Trinajstić information content (AvgIpc) is 3.44. The van der Waals surface area contributed by atoms with Crippen LogP contribution in [0, 0.1) is 17.8 Å². The molecule has 168 valence electrons. The van der Waals surface area contributed by atoms with Crippen molar-refractivity contribution in [2.24, 2.45) is 5.92 Å². The van der Waals surface area contributed by atoms with E-state index in [0.717, 1.165) is 36.2 Å². The molecule has 0 bridgehead atoms. The Bertz CT molecular complexity index is 1000. The summed E-state index contributed by atoms with van der Waals surface area (Å²) in [5, 5.41) is 7.27. The van der Waals surface area contributed by atoms with E-state index in [1.54, 1.807) is 7.05 Å². The maximum Gasteiger partial charge on any atom is 0.227 e. The summed E-state index contributed by atoms with van der Waals surface area (Å²) in [6.07, 6.45) is 10.7. The van der Waals surface area contributed by atoms with Crippen LogP contribution in [0.25, 0.3) is 0 Å². The molecule has 1 amide bonds. The molecular weight excluding hydrogens is 400 g/mol. The van der Waals surface area contributed by atoms with E-state index >= 15 is 0 Å². The molecule has 2 heterocycles. The van der Waals surface area contributed by atoms with Crippen LogP contribution in [-0.2, 0) is 15.1 Å². The van der Waals surface area contributed by atoms with Gasteiger partial charge in [0, 0.05) is 38.4 Å². The monoisotopic (exact) mass is 432 g/mol. The van der Waals surface area contributed by atoms with Crippen molar-refractivity contribution in [1.82, 2.24) is 15.1 Å². The molecule has 0 spiro atoms. The first-order chi connectivity index (χ1) is 15.5. The van der Waals surface area contributed by atoms with Gasteiger partial charge in [0.1, 0.15) is 6.29 Å². The molecule has 1 N–H and O–H groups in total. The van der Waals surface area contributed by atoms with Crippen LogP contribution in [0.4, 0.5) is 5.69 Å². The third-order valence-corrected chi connectivity index (χ3v) is 6.92. The standard InChI is InChI=1S/C26H32N4O2/c1-26(13-3-4-14-26)30-19-20(16-28-30)7-8-21-17-29(18-21)23-11-9-22(10-12-23)24(6-5-15-31)25(32)27-2/h9-12,15-16,19,21,24H,3-6,13-14,17-18H2,1-2H3,(H,27,32). The molecule has 2 aliphatic rings. The molecule has 32 heavy (non-hydrogen) atoms. The summed E-state index contributed by atoms with van der Waals surface area (Å²) >= 11 is 0. The van der Waals surface area contributed by atoms with Crippen molar-refractivity contribution in [1.29, 1.82) is 0 Å². The number of aromatic nitrogens is 2. The molecular formula is C26H32N4O2. The zero-order valence-electron chi connectivity index (χ0n) is 19.0. The Morgan fingerprint density at radius 3 is 2.66 bits per heavy atom. The van der Waals surface area contributed by atoms with E-state index in [2.05, 4.69) is 57.1 Å². The third kappa shape index (κ3) is 4.72. The zero-order valence-corrected chi connectivity index (χ0v) is 19.0. The largest absolute Gasteiger partial charge is 0.369 e. The number of likely N-dealkylation sites (N-methyl/N-ethyl adjacent to an activating group) is 1. The van der Waals surface area contributed by atoms with E-state index in [1.165, 1.54) is 25.7 Å². The fraction of sp³-hybridized carbons (Fsp3) is 0.500. The summed E-state index contributed by atoms with van der Waals surface area (Å²) in [7, 11) is 1.63. The summed E-state index contributed by atoms with van der Waals surface area (Å²) in [6.45, 7) is 4.10. The van der Waals surface area contributed by atoms with Crippen LogP contribution in [0.2, 0.25) is 0 Å². The summed E-state index contributed by atoms with van der Waals surface area (Å²) in [4.78, 5) is 25.2. The SMILES string of the molecule is CNC(=O)C(CCC=O)c1ccc(N2CC(C#Cc3cnn(C4(C)CCCC4)c3)C2)cc1. The Morgan fingerprint density at radius 2 is 2.00 bits per heavy atom. The molecule has 1 aromatic carbocycles. The normalized spacial score (nSPS) is 18.4. The molecule has 1 atom stereocenters. The van der Waals surface area contributed by atoms with Crippen LogP contribution in [-0.4, -0.2) is 42.1 Å². The fourth-order valence-electron chi connectivity index (χ4n) is 4.79. The Morgan fingerprint density at radius 1 is 1.28 bits per heavy atom. The maximum atomic E-state index is 12.2. The van der Waals surface area contributed by atoms with E-state index in [4.69, 9.17) is 0 Å². The van der Waals surface area contributed by atoms with Gasteiger partial charge in [0.15, 0.2) is 0 Å². The molecule has 2 aromatic rings. The van der Waals surface area contributed by atoms with Gasteiger partial charge in [-0.1, -0.05) is 36.8 Å². The predicted octanol–water partition coefficient (Wildman–Crippen LogP) is 3.47. The summed E-state index contributed by atoms with van der Waals surface area (Å²) < 4.78 is 2.11. The minimum Gasteiger partial charge on any atom is -0.369 e. The number of hydrogen-bond donors (Lipinski definition) is 1. The predicted molar refractivity (Wildman–Crippen MR) is 125 cm³/mol. The van der Waals surface area contributed by atoms with Gasteiger partial charge in [-0.05, 0) is 43.9 Å². The van der Waals surface area contributed by atoms with Crippen molar-refractivity contribution in [2.45, 2.75) is 56.9 Å². The minimum absolute atomic E-state index is 0.0517. The average molecular weight is 433 g/mol. The van der Waals surface area contributed by atoms with Crippen molar-refractivity contribution in [3.8, 4) is 11.8 Å². The lowest BCUT2D eigenvalue weighted by molar-refractivity contribution is -0.122. The van der Waals surface area contributed by atoms with Gasteiger partial charge in [0.25, 0.3) is 0 Å². The number of hydrogen-bond acceptors (Lipinski definition) is 4. The van der Waals surface area contributed by atoms with E-state index in [-0.39, 0.29) is 17.4 Å². The van der Waals surface area contributed by atoms with Gasteiger partial charge in [0.05, 0.1) is 29.1 Å². The molecule has 4 rings (SSSR count). The highest BCUT2D eigenvalue weighted by atomic mass is 16.1. The Labute approximate surface area is 190 Å². The van der Waals surface area contributed by atoms with Gasteiger partial charge >= 0.3 is 0 Å². The molecule has 1 unspecified atom stereocenters. The second kappa shape index (κ2) is 9.60. The van der Waals surface area contributed by atoms with Crippen LogP contribution in [0.3, 0.4) is 0 Å². The van der Waals surface area contributed by atoms with Gasteiger partial charge in [-0.2, -0.15) is 5.10 Å². The molecule has 1 aliphatic carbocycles. The smallest absolute Gasteiger partial charge is 0.227 e. The van der Waals surface area contributed by atoms with Crippen molar-refractivity contribution < 1.29 is 9.59 Å². The summed E-state index contributed by atoms with van der Waals surface area (Å²) in [5.41, 5.74) is 3.24. The maximum absolute atomic E-state index is 12.2. The van der Waals surface area contributed by atoms with Crippen LogP contribution >= 0.6 is 0 Å². The lowest BCUT2D eigenvalue weighted by Gasteiger charge is -2.38. The van der Waals surface area contributed by atoms with Gasteiger partial charge < -0.3 is 15.0 Å². The van der Waals surface area contributed by atoms with Crippen LogP contribution in [0.5, 0.6) is 0 Å². The zero-order chi connectivity index (χ0) is 22.6. The Hall–Kier alpha value is -3.07. The third-order valence-electron chi connectivity index (χ3n) is 6.92. The number of aldehydes is 1. The summed E-state index contributed by atoms with van der Waals surface area (Å²) in [5.74, 6) is 6.72. The number of anilines is 1. The number of nitrogens with zero attached hydrogens (tertiary/aromatic N) is 3. The number of rotatable bonds is 7. The quantitative estimate of drug-likeness (QED) is 0.537. The van der Waals surface area contributed by atoms with Gasteiger partial charge in [-0.3, -0.25) is 9.48 Å². The summed E-state index contributed by atoms with van der Waals surface area (Å²) in [6, 6.07) is 8.11. The van der Waals surface area contributed by atoms with Crippen LogP contribution in [0.15, 0.2) is 36.7 Å². The molecule has 2 fully saturated rings. The molecule has 6 nitrogen and oxygen atoms in total. The number of amides is 1. The molecule has 1 saturated heterocycles. The lowest BCUT2D eigenvalue weighted by Crippen LogP contribution is -2.46. The van der Waals surface area contributed by atoms with Crippen LogP contribution in [0.1, 0.15) is 62.5 Å². The topological polar surface area (TPSA) is 67.2 Å². The van der Waals surface area contributed by atoms with Crippen molar-refractivity contribution in [3.05, 3.63) is 47.8 Å².